The number of nitrogens with one attached hydrogen (secondary N) is 3. The van der Waals surface area contributed by atoms with E-state index < -0.39 is 72.3 Å². The number of halogens is 6. The number of ketones is 2. The van der Waals surface area contributed by atoms with E-state index in [-0.39, 0.29) is 83.9 Å². The van der Waals surface area contributed by atoms with Crippen molar-refractivity contribution in [2.75, 3.05) is 135 Å². The minimum atomic E-state index is -4.61. The van der Waals surface area contributed by atoms with Gasteiger partial charge < -0.3 is 53.9 Å². The number of fused-ring (bicyclic) bond motifs is 2. The highest BCUT2D eigenvalue weighted by Gasteiger charge is 2.37. The molecule has 0 unspecified atom stereocenters. The van der Waals surface area contributed by atoms with Gasteiger partial charge in [-0.15, -0.1) is 0 Å². The van der Waals surface area contributed by atoms with Crippen LogP contribution >= 0.6 is 0 Å². The fraction of sp³-hybridized carbons (Fsp3) is 0.556. The van der Waals surface area contributed by atoms with Crippen LogP contribution in [0.15, 0.2) is 24.8 Å². The second kappa shape index (κ2) is 28.3. The van der Waals surface area contributed by atoms with Gasteiger partial charge in [-0.1, -0.05) is 0 Å². The van der Waals surface area contributed by atoms with Crippen molar-refractivity contribution in [3.05, 3.63) is 24.8 Å². The van der Waals surface area contributed by atoms with Crippen LogP contribution in [0, 0.1) is 0 Å². The number of anilines is 6. The Labute approximate surface area is 515 Å². The molecule has 0 spiro atoms. The summed E-state index contributed by atoms with van der Waals surface area (Å²) in [4.78, 5) is 120. The summed E-state index contributed by atoms with van der Waals surface area (Å²) >= 11 is 0. The summed E-state index contributed by atoms with van der Waals surface area (Å²) < 4.78 is 107. The average molecular weight is 1290 g/mol. The van der Waals surface area contributed by atoms with Crippen molar-refractivity contribution in [2.24, 2.45) is 0 Å². The lowest BCUT2D eigenvalue weighted by Crippen LogP contribution is -2.51. The molecule has 91 heavy (non-hydrogen) atoms. The molecule has 37 heteroatoms. The summed E-state index contributed by atoms with van der Waals surface area (Å²) in [5.41, 5.74) is -0.319. The van der Waals surface area contributed by atoms with E-state index >= 15 is 0 Å². The summed E-state index contributed by atoms with van der Waals surface area (Å²) in [7, 11) is 0. The van der Waals surface area contributed by atoms with E-state index in [4.69, 9.17) is 29.0 Å². The number of aromatic nitrogens is 12. The smallest absolute Gasteiger partial charge is 0.414 e. The summed E-state index contributed by atoms with van der Waals surface area (Å²) in [6, 6.07) is 0. The molecule has 6 aromatic heterocycles. The first-order valence-corrected chi connectivity index (χ1v) is 28.5. The number of imidazole rings is 2. The van der Waals surface area contributed by atoms with Gasteiger partial charge in [-0.25, -0.2) is 64.2 Å². The van der Waals surface area contributed by atoms with Crippen LogP contribution in [0.2, 0.25) is 0 Å². The number of alkyl halides is 6. The van der Waals surface area contributed by atoms with Crippen molar-refractivity contribution in [3.63, 3.8) is 0 Å². The third-order valence-corrected chi connectivity index (χ3v) is 13.3. The third kappa shape index (κ3) is 18.4. The fourth-order valence-electron chi connectivity index (χ4n) is 9.33. The normalized spacial score (nSPS) is 15.9. The highest BCUT2D eigenvalue weighted by Crippen LogP contribution is 2.36. The van der Waals surface area contributed by atoms with Gasteiger partial charge in [0.2, 0.25) is 35.4 Å². The van der Waals surface area contributed by atoms with Gasteiger partial charge in [0.25, 0.3) is 5.91 Å². The first-order valence-electron chi connectivity index (χ1n) is 28.5. The number of amides is 3. The number of carboxylic acid groups (broad SMARTS) is 1. The van der Waals surface area contributed by atoms with E-state index in [0.29, 0.717) is 102 Å². The third-order valence-electron chi connectivity index (χ3n) is 13.3. The van der Waals surface area contributed by atoms with Crippen molar-refractivity contribution >= 4 is 93.4 Å². The van der Waals surface area contributed by atoms with Gasteiger partial charge in [0, 0.05) is 117 Å². The Bertz CT molecular complexity index is 3580. The SMILES string of the molecule is CC(=O)C(=O)N1CCN(c2nc3c(N4CCOCC4)nc(-c4cnc(NC(=O)OC(C)(C)C)nc4)nc3n2CC(F)(F)F)CC1.CC(=O)C(=O)O.CC(C)(C)OC(=O)Nc1ncc(-c2nc(N3CCOCC3)c3nc(N4CCNCC4)n(CC(F)(F)F)c3n2)cn1. The van der Waals surface area contributed by atoms with Crippen molar-refractivity contribution in [1.82, 2.24) is 69.2 Å². The van der Waals surface area contributed by atoms with Gasteiger partial charge in [-0.05, 0) is 41.5 Å². The average Bonchev–Trinajstić information content (AvgIpc) is 1.64. The van der Waals surface area contributed by atoms with Crippen LogP contribution in [0.5, 0.6) is 0 Å². The predicted molar refractivity (Wildman–Crippen MR) is 313 cm³/mol. The molecule has 4 N–H and O–H groups in total. The quantitative estimate of drug-likeness (QED) is 0.0976. The van der Waals surface area contributed by atoms with Crippen LogP contribution in [-0.2, 0) is 51.2 Å². The molecule has 4 aliphatic rings. The lowest BCUT2D eigenvalue weighted by atomic mass is 10.2. The minimum Gasteiger partial charge on any atom is -0.476 e. The monoisotopic (exact) mass is 1290 g/mol. The highest BCUT2D eigenvalue weighted by atomic mass is 19.4. The van der Waals surface area contributed by atoms with Gasteiger partial charge in [0.05, 0.1) is 37.6 Å². The lowest BCUT2D eigenvalue weighted by Gasteiger charge is -2.35. The van der Waals surface area contributed by atoms with Crippen molar-refractivity contribution in [3.8, 4) is 22.8 Å². The number of hydrogen-bond acceptors (Lipinski definition) is 25. The minimum absolute atomic E-state index is 0.00408. The van der Waals surface area contributed by atoms with Crippen LogP contribution in [-0.4, -0.2) is 233 Å². The van der Waals surface area contributed by atoms with Crippen molar-refractivity contribution in [2.45, 2.75) is 92.0 Å². The Morgan fingerprint density at radius 1 is 0.527 bits per heavy atom. The molecule has 4 aliphatic heterocycles. The fourth-order valence-corrected chi connectivity index (χ4v) is 9.33. The van der Waals surface area contributed by atoms with E-state index in [2.05, 4.69) is 60.8 Å². The number of morpholine rings is 2. The van der Waals surface area contributed by atoms with Crippen molar-refractivity contribution < 1.29 is 79.2 Å². The zero-order chi connectivity index (χ0) is 66.2. The molecule has 0 atom stereocenters. The van der Waals surface area contributed by atoms with Gasteiger partial charge >= 0.3 is 30.5 Å². The summed E-state index contributed by atoms with van der Waals surface area (Å²) in [6.07, 6.45) is -5.10. The van der Waals surface area contributed by atoms with Crippen LogP contribution in [0.25, 0.3) is 45.1 Å². The maximum Gasteiger partial charge on any atom is 0.414 e. The number of piperazine rings is 2. The molecule has 4 saturated heterocycles. The van der Waals surface area contributed by atoms with Crippen LogP contribution < -0.4 is 35.6 Å². The Kier molecular flexibility index (Phi) is 21.0. The molecule has 10 rings (SSSR count). The largest absolute Gasteiger partial charge is 0.476 e. The molecule has 6 aromatic rings. The van der Waals surface area contributed by atoms with Crippen LogP contribution in [0.4, 0.5) is 71.4 Å². The standard InChI is InChI=1S/C27H33F3N10O5.C24H31F3N10O3.C3H4O3/c1-16(41)22(42)38-5-7-39(8-6-38)24-33-18-20(37-9-11-44-12-10-37)34-19(35-21(18)40(24)15-27(28,29)30)17-13-31-23(32-14-17)36-25(43)45-26(2,3)4;1-23(2,3)40-22(38)34-20-29-12-15(13-30-20)17-32-18(35-8-10-39-11-9-35)16-19(33-17)37(14-24(25,26)27)21(31-16)36-6-4-28-5-7-36;1-2(4)3(5)6/h13-14H,5-12,15H2,1-4H3,(H,31,32,36,43);12-13,28H,4-11,14H2,1-3H3,(H,29,30,34,38);1H3,(H,5,6). The number of carboxylic acids is 1. The maximum absolute atomic E-state index is 14.0. The molecule has 0 aromatic carbocycles. The zero-order valence-electron chi connectivity index (χ0n) is 50.9. The molecule has 10 heterocycles. The Hall–Kier alpha value is -9.26. The summed E-state index contributed by atoms with van der Waals surface area (Å²) in [6.45, 7) is 16.2. The zero-order valence-corrected chi connectivity index (χ0v) is 50.9. The number of carbonyl (C=O) groups is 6. The summed E-state index contributed by atoms with van der Waals surface area (Å²) in [5.74, 6) is -2.36. The lowest BCUT2D eigenvalue weighted by molar-refractivity contribution is -0.148. The first-order chi connectivity index (χ1) is 42.8. The van der Waals surface area contributed by atoms with E-state index in [1.807, 2.05) is 14.7 Å². The second-order valence-electron chi connectivity index (χ2n) is 22.8. The van der Waals surface area contributed by atoms with Crippen LogP contribution in [0.3, 0.4) is 0 Å². The van der Waals surface area contributed by atoms with E-state index in [9.17, 15) is 55.1 Å². The number of aliphatic carboxylic acids is 1. The maximum atomic E-state index is 14.0. The van der Waals surface area contributed by atoms with Gasteiger partial charge in [-0.2, -0.15) is 26.3 Å². The van der Waals surface area contributed by atoms with E-state index in [1.54, 1.807) is 46.4 Å². The number of carbonyl (C=O) groups excluding carboxylic acids is 5. The van der Waals surface area contributed by atoms with Gasteiger partial charge in [0.15, 0.2) is 45.6 Å². The number of nitrogens with zero attached hydrogens (tertiary/aromatic N) is 17. The molecule has 0 radical (unpaired) electrons. The number of Topliss-reactive ketones (excluding diaryl/α,β-unsaturated/α-hetero) is 2. The highest BCUT2D eigenvalue weighted by molar-refractivity contribution is 6.35. The molecule has 3 amide bonds. The van der Waals surface area contributed by atoms with Gasteiger partial charge in [-0.3, -0.25) is 34.2 Å². The number of ether oxygens (including phenoxy) is 4. The van der Waals surface area contributed by atoms with E-state index in [0.717, 1.165) is 16.1 Å². The number of hydrogen-bond donors (Lipinski definition) is 4. The molecular formula is C54H68F6N20O11. The molecule has 4 fully saturated rings. The molecule has 31 nitrogen and oxygen atoms in total. The Morgan fingerprint density at radius 2 is 0.890 bits per heavy atom. The van der Waals surface area contributed by atoms with E-state index in [1.165, 1.54) is 36.6 Å². The molecule has 0 bridgehead atoms. The van der Waals surface area contributed by atoms with Crippen LogP contribution in [0.1, 0.15) is 55.4 Å². The molecule has 0 aliphatic carbocycles. The topological polar surface area (TPSA) is 351 Å². The molecular weight excluding hydrogens is 1220 g/mol. The molecule has 492 valence electrons. The number of rotatable bonds is 12. The second-order valence-corrected chi connectivity index (χ2v) is 22.8. The predicted octanol–water partition coefficient (Wildman–Crippen LogP) is 4.37. The van der Waals surface area contributed by atoms with Crippen molar-refractivity contribution in [1.29, 1.82) is 0 Å². The Morgan fingerprint density at radius 3 is 1.22 bits per heavy atom. The van der Waals surface area contributed by atoms with Gasteiger partial charge in [0.1, 0.15) is 24.3 Å². The first kappa shape index (κ1) is 67.7. The molecule has 0 saturated carbocycles. The summed E-state index contributed by atoms with van der Waals surface area (Å²) in [5, 5.41) is 15.7. The Balaban J connectivity index is 0.000000216.